The Labute approximate surface area is 62.9 Å². The van der Waals surface area contributed by atoms with Crippen LogP contribution in [0.15, 0.2) is 0 Å². The highest BCUT2D eigenvalue weighted by Gasteiger charge is 2.22. The first-order chi connectivity index (χ1) is 4.34. The predicted molar refractivity (Wildman–Crippen MR) is 41.8 cm³/mol. The Balaban J connectivity index is 3.73. The molecule has 0 fully saturated rings. The van der Waals surface area contributed by atoms with Crippen LogP contribution >= 0.6 is 0 Å². The molecule has 0 bridgehead atoms. The van der Waals surface area contributed by atoms with E-state index in [1.165, 1.54) is 0 Å². The number of aliphatic hydroxyl groups is 2. The van der Waals surface area contributed by atoms with E-state index >= 15 is 0 Å². The fraction of sp³-hybridized carbons (Fsp3) is 1.00. The van der Waals surface area contributed by atoms with Crippen LogP contribution in [0.25, 0.3) is 0 Å². The molecule has 0 aliphatic carbocycles. The maximum atomic E-state index is 9.40. The highest BCUT2D eigenvalue weighted by molar-refractivity contribution is 4.73. The van der Waals surface area contributed by atoms with Crippen LogP contribution in [0.3, 0.4) is 0 Å². The van der Waals surface area contributed by atoms with Gasteiger partial charge in [-0.1, -0.05) is 20.8 Å². The van der Waals surface area contributed by atoms with Crippen molar-refractivity contribution in [3.8, 4) is 0 Å². The molecule has 0 heterocycles. The van der Waals surface area contributed by atoms with Crippen molar-refractivity contribution in [2.45, 2.75) is 46.3 Å². The smallest absolute Gasteiger partial charge is 0.0613 e. The summed E-state index contributed by atoms with van der Waals surface area (Å²) in [5, 5.41) is 18.3. The molecule has 0 amide bonds. The van der Waals surface area contributed by atoms with E-state index in [9.17, 15) is 5.11 Å². The van der Waals surface area contributed by atoms with Crippen LogP contribution in [0, 0.1) is 5.41 Å². The van der Waals surface area contributed by atoms with Gasteiger partial charge in [-0.2, -0.15) is 0 Å². The average Bonchev–Trinajstić information content (AvgIpc) is 1.60. The third-order valence-corrected chi connectivity index (χ3v) is 1.56. The maximum absolute atomic E-state index is 9.40. The first kappa shape index (κ1) is 9.92. The molecule has 2 atom stereocenters. The molecule has 0 aromatic heterocycles. The lowest BCUT2D eigenvalue weighted by Gasteiger charge is -2.26. The third-order valence-electron chi connectivity index (χ3n) is 1.56. The minimum atomic E-state index is -0.410. The van der Waals surface area contributed by atoms with E-state index in [1.807, 2.05) is 20.8 Å². The van der Waals surface area contributed by atoms with Crippen molar-refractivity contribution in [1.82, 2.24) is 0 Å². The van der Waals surface area contributed by atoms with E-state index in [0.717, 1.165) is 0 Å². The van der Waals surface area contributed by atoms with Gasteiger partial charge in [0.25, 0.3) is 0 Å². The van der Waals surface area contributed by atoms with E-state index in [0.29, 0.717) is 6.42 Å². The van der Waals surface area contributed by atoms with Crippen LogP contribution < -0.4 is 0 Å². The van der Waals surface area contributed by atoms with Crippen molar-refractivity contribution in [1.29, 1.82) is 0 Å². The molecule has 10 heavy (non-hydrogen) atoms. The Morgan fingerprint density at radius 3 is 1.70 bits per heavy atom. The van der Waals surface area contributed by atoms with Gasteiger partial charge in [0.05, 0.1) is 12.2 Å². The van der Waals surface area contributed by atoms with Gasteiger partial charge in [0.1, 0.15) is 0 Å². The molecule has 2 nitrogen and oxygen atoms in total. The molecule has 0 aliphatic heterocycles. The van der Waals surface area contributed by atoms with Crippen molar-refractivity contribution >= 4 is 0 Å². The minimum absolute atomic E-state index is 0.114. The molecule has 0 spiro atoms. The van der Waals surface area contributed by atoms with Crippen molar-refractivity contribution < 1.29 is 10.2 Å². The molecule has 0 rings (SSSR count). The second-order valence-electron chi connectivity index (χ2n) is 3.97. The van der Waals surface area contributed by atoms with E-state index in [-0.39, 0.29) is 5.41 Å². The zero-order valence-electron chi connectivity index (χ0n) is 7.26. The summed E-state index contributed by atoms with van der Waals surface area (Å²) in [6.45, 7) is 7.56. The highest BCUT2D eigenvalue weighted by Crippen LogP contribution is 2.22. The molecular weight excluding hydrogens is 128 g/mol. The maximum Gasteiger partial charge on any atom is 0.0613 e. The average molecular weight is 146 g/mol. The Morgan fingerprint density at radius 1 is 1.20 bits per heavy atom. The lowest BCUT2D eigenvalue weighted by atomic mass is 9.86. The number of hydrogen-bond acceptors (Lipinski definition) is 2. The SMILES string of the molecule is C[C@H](O)C[C@@H](O)C(C)(C)C. The quantitative estimate of drug-likeness (QED) is 0.614. The van der Waals surface area contributed by atoms with Crippen LogP contribution in [0.2, 0.25) is 0 Å². The van der Waals surface area contributed by atoms with E-state index in [1.54, 1.807) is 6.92 Å². The normalized spacial score (nSPS) is 18.6. The monoisotopic (exact) mass is 146 g/mol. The van der Waals surface area contributed by atoms with Crippen LogP contribution in [-0.4, -0.2) is 22.4 Å². The van der Waals surface area contributed by atoms with Gasteiger partial charge in [0, 0.05) is 0 Å². The van der Waals surface area contributed by atoms with Gasteiger partial charge in [-0.25, -0.2) is 0 Å². The Morgan fingerprint density at radius 2 is 1.60 bits per heavy atom. The lowest BCUT2D eigenvalue weighted by molar-refractivity contribution is 0.0188. The summed E-state index contributed by atoms with van der Waals surface area (Å²) in [5.41, 5.74) is -0.114. The molecule has 0 aromatic rings. The van der Waals surface area contributed by atoms with Gasteiger partial charge in [-0.05, 0) is 18.8 Å². The summed E-state index contributed by atoms with van der Waals surface area (Å²) in [7, 11) is 0. The third kappa shape index (κ3) is 3.85. The summed E-state index contributed by atoms with van der Waals surface area (Å²) in [6.07, 6.45) is -0.356. The molecule has 2 heteroatoms. The predicted octanol–water partition coefficient (Wildman–Crippen LogP) is 1.16. The van der Waals surface area contributed by atoms with Crippen LogP contribution in [0.5, 0.6) is 0 Å². The molecule has 0 aromatic carbocycles. The topological polar surface area (TPSA) is 40.5 Å². The van der Waals surface area contributed by atoms with Crippen LogP contribution in [0.4, 0.5) is 0 Å². The van der Waals surface area contributed by atoms with E-state index in [4.69, 9.17) is 5.11 Å². The van der Waals surface area contributed by atoms with Crippen molar-refractivity contribution in [3.63, 3.8) is 0 Å². The molecule has 0 saturated carbocycles. The summed E-state index contributed by atoms with van der Waals surface area (Å²) in [4.78, 5) is 0. The van der Waals surface area contributed by atoms with E-state index in [2.05, 4.69) is 0 Å². The van der Waals surface area contributed by atoms with Crippen molar-refractivity contribution in [3.05, 3.63) is 0 Å². The first-order valence-corrected chi connectivity index (χ1v) is 3.70. The fourth-order valence-corrected chi connectivity index (χ4v) is 0.677. The molecule has 0 unspecified atom stereocenters. The Kier molecular flexibility index (Phi) is 3.33. The summed E-state index contributed by atoms with van der Waals surface area (Å²) in [6, 6.07) is 0. The summed E-state index contributed by atoms with van der Waals surface area (Å²) >= 11 is 0. The standard InChI is InChI=1S/C8H18O2/c1-6(9)5-7(10)8(2,3)4/h6-7,9-10H,5H2,1-4H3/t6-,7+/m0/s1. The first-order valence-electron chi connectivity index (χ1n) is 3.70. The van der Waals surface area contributed by atoms with Crippen molar-refractivity contribution in [2.75, 3.05) is 0 Å². The molecule has 62 valence electrons. The van der Waals surface area contributed by atoms with Gasteiger partial charge < -0.3 is 10.2 Å². The zero-order chi connectivity index (χ0) is 8.36. The van der Waals surface area contributed by atoms with Gasteiger partial charge in [0.2, 0.25) is 0 Å². The second-order valence-corrected chi connectivity index (χ2v) is 3.97. The van der Waals surface area contributed by atoms with Gasteiger partial charge in [0.15, 0.2) is 0 Å². The largest absolute Gasteiger partial charge is 0.393 e. The highest BCUT2D eigenvalue weighted by atomic mass is 16.3. The second kappa shape index (κ2) is 3.35. The summed E-state index contributed by atoms with van der Waals surface area (Å²) < 4.78 is 0. The number of rotatable bonds is 2. The number of aliphatic hydroxyl groups excluding tert-OH is 2. The van der Waals surface area contributed by atoms with Gasteiger partial charge >= 0.3 is 0 Å². The Bertz CT molecular complexity index is 91.9. The zero-order valence-corrected chi connectivity index (χ0v) is 7.26. The molecule has 2 N–H and O–H groups in total. The fourth-order valence-electron chi connectivity index (χ4n) is 0.677. The van der Waals surface area contributed by atoms with Gasteiger partial charge in [-0.3, -0.25) is 0 Å². The molecule has 0 aliphatic rings. The van der Waals surface area contributed by atoms with Crippen molar-refractivity contribution in [2.24, 2.45) is 5.41 Å². The van der Waals surface area contributed by atoms with Crippen LogP contribution in [0.1, 0.15) is 34.1 Å². The minimum Gasteiger partial charge on any atom is -0.393 e. The number of hydrogen-bond donors (Lipinski definition) is 2. The Hall–Kier alpha value is -0.0800. The van der Waals surface area contributed by atoms with Gasteiger partial charge in [-0.15, -0.1) is 0 Å². The van der Waals surface area contributed by atoms with E-state index < -0.39 is 12.2 Å². The lowest BCUT2D eigenvalue weighted by Crippen LogP contribution is -2.29. The van der Waals surface area contributed by atoms with Crippen LogP contribution in [-0.2, 0) is 0 Å². The molecule has 0 saturated heterocycles. The molecule has 0 radical (unpaired) electrons. The summed E-state index contributed by atoms with van der Waals surface area (Å²) in [5.74, 6) is 0. The molecular formula is C8H18O2.